The van der Waals surface area contributed by atoms with Gasteiger partial charge in [-0.3, -0.25) is 4.98 Å². The van der Waals surface area contributed by atoms with Gasteiger partial charge in [-0.25, -0.2) is 9.59 Å². The number of nitrogens with one attached hydrogen (secondary N) is 1. The molecular formula is C14H19N3O3. The summed E-state index contributed by atoms with van der Waals surface area (Å²) < 4.78 is 0. The van der Waals surface area contributed by atoms with Gasteiger partial charge in [-0.1, -0.05) is 13.8 Å². The predicted molar refractivity (Wildman–Crippen MR) is 74.8 cm³/mol. The highest BCUT2D eigenvalue weighted by Crippen LogP contribution is 2.29. The number of anilines is 1. The quantitative estimate of drug-likeness (QED) is 0.869. The summed E-state index contributed by atoms with van der Waals surface area (Å²) in [7, 11) is 0. The van der Waals surface area contributed by atoms with E-state index in [0.717, 1.165) is 12.8 Å². The van der Waals surface area contributed by atoms with Gasteiger partial charge in [0.15, 0.2) is 0 Å². The van der Waals surface area contributed by atoms with Crippen molar-refractivity contribution in [2.24, 2.45) is 5.41 Å². The highest BCUT2D eigenvalue weighted by molar-refractivity contribution is 5.92. The van der Waals surface area contributed by atoms with Crippen molar-refractivity contribution in [3.8, 4) is 0 Å². The number of carbonyl (C=O) groups is 2. The fourth-order valence-electron chi connectivity index (χ4n) is 2.14. The topological polar surface area (TPSA) is 82.5 Å². The van der Waals surface area contributed by atoms with E-state index in [1.807, 2.05) is 0 Å². The molecule has 1 fully saturated rings. The van der Waals surface area contributed by atoms with Crippen molar-refractivity contribution >= 4 is 17.7 Å². The van der Waals surface area contributed by atoms with Gasteiger partial charge in [-0.15, -0.1) is 0 Å². The van der Waals surface area contributed by atoms with E-state index in [1.165, 1.54) is 18.5 Å². The minimum Gasteiger partial charge on any atom is -0.478 e. The van der Waals surface area contributed by atoms with Crippen LogP contribution in [0.5, 0.6) is 0 Å². The number of pyridine rings is 1. The summed E-state index contributed by atoms with van der Waals surface area (Å²) >= 11 is 0. The number of hydrogen-bond donors (Lipinski definition) is 2. The van der Waals surface area contributed by atoms with E-state index in [1.54, 1.807) is 4.90 Å². The van der Waals surface area contributed by atoms with Crippen LogP contribution in [0.2, 0.25) is 0 Å². The first-order chi connectivity index (χ1) is 9.37. The Morgan fingerprint density at radius 3 is 2.55 bits per heavy atom. The maximum Gasteiger partial charge on any atom is 0.337 e. The molecule has 6 nitrogen and oxygen atoms in total. The van der Waals surface area contributed by atoms with Crippen molar-refractivity contribution in [2.45, 2.75) is 26.7 Å². The van der Waals surface area contributed by atoms with E-state index in [4.69, 9.17) is 5.11 Å². The summed E-state index contributed by atoms with van der Waals surface area (Å²) in [5.74, 6) is -1.06. The third-order valence-electron chi connectivity index (χ3n) is 3.64. The highest BCUT2D eigenvalue weighted by atomic mass is 16.4. The number of rotatable bonds is 2. The van der Waals surface area contributed by atoms with Crippen LogP contribution in [0, 0.1) is 5.41 Å². The summed E-state index contributed by atoms with van der Waals surface area (Å²) in [5.41, 5.74) is 0.740. The molecule has 0 bridgehead atoms. The second-order valence-electron chi connectivity index (χ2n) is 5.85. The second kappa shape index (κ2) is 5.48. The van der Waals surface area contributed by atoms with Crippen LogP contribution in [0.3, 0.4) is 0 Å². The molecule has 1 aliphatic heterocycles. The molecule has 0 unspecified atom stereocenters. The molecule has 2 heterocycles. The third-order valence-corrected chi connectivity index (χ3v) is 3.64. The Morgan fingerprint density at radius 2 is 1.95 bits per heavy atom. The summed E-state index contributed by atoms with van der Waals surface area (Å²) in [5, 5.41) is 11.6. The number of aromatic nitrogens is 1. The molecule has 0 aliphatic carbocycles. The standard InChI is InChI=1S/C14H19N3O3/c1-14(2)3-5-17(6-4-14)13(20)16-11-7-10(12(18)19)8-15-9-11/h7-9H,3-6H2,1-2H3,(H,16,20)(H,18,19). The SMILES string of the molecule is CC1(C)CCN(C(=O)Nc2cncc(C(=O)O)c2)CC1. The van der Waals surface area contributed by atoms with Crippen LogP contribution in [0.15, 0.2) is 18.5 Å². The van der Waals surface area contributed by atoms with E-state index in [0.29, 0.717) is 18.8 Å². The first kappa shape index (κ1) is 14.3. The number of amides is 2. The number of carboxylic acids is 1. The maximum atomic E-state index is 12.1. The van der Waals surface area contributed by atoms with Gasteiger partial charge in [0.25, 0.3) is 0 Å². The van der Waals surface area contributed by atoms with Gasteiger partial charge in [-0.05, 0) is 24.3 Å². The average Bonchev–Trinajstić information content (AvgIpc) is 2.38. The lowest BCUT2D eigenvalue weighted by molar-refractivity contribution is 0.0696. The van der Waals surface area contributed by atoms with Crippen molar-refractivity contribution in [3.05, 3.63) is 24.0 Å². The molecule has 1 saturated heterocycles. The van der Waals surface area contributed by atoms with Crippen LogP contribution >= 0.6 is 0 Å². The highest BCUT2D eigenvalue weighted by Gasteiger charge is 2.27. The second-order valence-corrected chi connectivity index (χ2v) is 5.85. The number of carbonyl (C=O) groups excluding carboxylic acids is 1. The van der Waals surface area contributed by atoms with E-state index in [9.17, 15) is 9.59 Å². The Labute approximate surface area is 117 Å². The zero-order valence-electron chi connectivity index (χ0n) is 11.7. The Hall–Kier alpha value is -2.11. The summed E-state index contributed by atoms with van der Waals surface area (Å²) in [6.07, 6.45) is 4.63. The summed E-state index contributed by atoms with van der Waals surface area (Å²) in [4.78, 5) is 28.5. The van der Waals surface area contributed by atoms with Crippen molar-refractivity contribution in [3.63, 3.8) is 0 Å². The number of hydrogen-bond acceptors (Lipinski definition) is 3. The third kappa shape index (κ3) is 3.46. The molecule has 0 spiro atoms. The largest absolute Gasteiger partial charge is 0.478 e. The van der Waals surface area contributed by atoms with Crippen LogP contribution in [0.25, 0.3) is 0 Å². The van der Waals surface area contributed by atoms with E-state index in [2.05, 4.69) is 24.1 Å². The number of carboxylic acid groups (broad SMARTS) is 1. The molecule has 0 aromatic carbocycles. The monoisotopic (exact) mass is 277 g/mol. The minimum atomic E-state index is -1.06. The summed E-state index contributed by atoms with van der Waals surface area (Å²) in [6.45, 7) is 5.82. The Kier molecular flexibility index (Phi) is 3.92. The normalized spacial score (nSPS) is 17.6. The van der Waals surface area contributed by atoms with Gasteiger partial charge in [0, 0.05) is 19.3 Å². The molecule has 1 aliphatic rings. The van der Waals surface area contributed by atoms with E-state index >= 15 is 0 Å². The van der Waals surface area contributed by atoms with Crippen molar-refractivity contribution < 1.29 is 14.7 Å². The molecule has 1 aromatic rings. The molecule has 2 amide bonds. The van der Waals surface area contributed by atoms with E-state index < -0.39 is 5.97 Å². The Morgan fingerprint density at radius 1 is 1.30 bits per heavy atom. The van der Waals surface area contributed by atoms with Gasteiger partial charge in [-0.2, -0.15) is 0 Å². The first-order valence-electron chi connectivity index (χ1n) is 6.62. The lowest BCUT2D eigenvalue weighted by Gasteiger charge is -2.36. The molecule has 20 heavy (non-hydrogen) atoms. The fraction of sp³-hybridized carbons (Fsp3) is 0.500. The lowest BCUT2D eigenvalue weighted by atomic mass is 9.83. The van der Waals surface area contributed by atoms with Crippen LogP contribution in [0.4, 0.5) is 10.5 Å². The lowest BCUT2D eigenvalue weighted by Crippen LogP contribution is -2.43. The zero-order chi connectivity index (χ0) is 14.8. The number of nitrogens with zero attached hydrogens (tertiary/aromatic N) is 2. The molecule has 2 rings (SSSR count). The molecule has 1 aromatic heterocycles. The zero-order valence-corrected chi connectivity index (χ0v) is 11.7. The predicted octanol–water partition coefficient (Wildman–Crippen LogP) is 2.43. The van der Waals surface area contributed by atoms with E-state index in [-0.39, 0.29) is 17.0 Å². The Balaban J connectivity index is 1.98. The first-order valence-corrected chi connectivity index (χ1v) is 6.62. The van der Waals surface area contributed by atoms with Crippen molar-refractivity contribution in [1.82, 2.24) is 9.88 Å². The fourth-order valence-corrected chi connectivity index (χ4v) is 2.14. The maximum absolute atomic E-state index is 12.1. The number of urea groups is 1. The average molecular weight is 277 g/mol. The van der Waals surface area contributed by atoms with Gasteiger partial charge in [0.05, 0.1) is 17.4 Å². The number of likely N-dealkylation sites (tertiary alicyclic amines) is 1. The molecule has 6 heteroatoms. The number of aromatic carboxylic acids is 1. The molecular weight excluding hydrogens is 258 g/mol. The molecule has 0 radical (unpaired) electrons. The van der Waals surface area contributed by atoms with Crippen LogP contribution in [0.1, 0.15) is 37.0 Å². The summed E-state index contributed by atoms with van der Waals surface area (Å²) in [6, 6.07) is 1.20. The minimum absolute atomic E-state index is 0.0579. The van der Waals surface area contributed by atoms with Crippen LogP contribution < -0.4 is 5.32 Å². The van der Waals surface area contributed by atoms with Crippen molar-refractivity contribution in [2.75, 3.05) is 18.4 Å². The molecule has 0 atom stereocenters. The smallest absolute Gasteiger partial charge is 0.337 e. The Bertz CT molecular complexity index is 518. The van der Waals surface area contributed by atoms with Crippen LogP contribution in [-0.2, 0) is 0 Å². The number of piperidine rings is 1. The molecule has 2 N–H and O–H groups in total. The van der Waals surface area contributed by atoms with Crippen LogP contribution in [-0.4, -0.2) is 40.1 Å². The van der Waals surface area contributed by atoms with Gasteiger partial charge in [0.1, 0.15) is 0 Å². The molecule has 0 saturated carbocycles. The van der Waals surface area contributed by atoms with Gasteiger partial charge in [0.2, 0.25) is 0 Å². The molecule has 108 valence electrons. The van der Waals surface area contributed by atoms with Gasteiger partial charge < -0.3 is 15.3 Å². The van der Waals surface area contributed by atoms with Gasteiger partial charge >= 0.3 is 12.0 Å². The van der Waals surface area contributed by atoms with Crippen molar-refractivity contribution in [1.29, 1.82) is 0 Å².